The van der Waals surface area contributed by atoms with Crippen LogP contribution in [0.2, 0.25) is 0 Å². The monoisotopic (exact) mass is 450 g/mol. The number of aromatic nitrogens is 4. The number of pyridine rings is 1. The van der Waals surface area contributed by atoms with Crippen molar-refractivity contribution in [2.75, 3.05) is 31.6 Å². The molecule has 0 bridgehead atoms. The van der Waals surface area contributed by atoms with Crippen LogP contribution < -0.4 is 10.1 Å². The largest absolute Gasteiger partial charge is 0.488 e. The minimum absolute atomic E-state index is 0.0606. The van der Waals surface area contributed by atoms with Crippen molar-refractivity contribution in [3.8, 4) is 17.0 Å². The minimum atomic E-state index is 0.0606. The molecule has 6 rings (SSSR count). The molecule has 0 spiro atoms. The first-order valence-corrected chi connectivity index (χ1v) is 11.9. The van der Waals surface area contributed by atoms with Crippen molar-refractivity contribution >= 4 is 17.2 Å². The molecule has 3 fully saturated rings. The van der Waals surface area contributed by atoms with Crippen LogP contribution in [-0.2, 0) is 16.6 Å². The number of hydrogen-bond acceptors (Lipinski definition) is 6. The van der Waals surface area contributed by atoms with Gasteiger partial charge in [-0.2, -0.15) is 10.2 Å². The second-order valence-corrected chi connectivity index (χ2v) is 9.44. The van der Waals surface area contributed by atoms with Gasteiger partial charge in [-0.25, -0.2) is 4.52 Å². The van der Waals surface area contributed by atoms with Crippen LogP contribution in [0, 0.1) is 5.92 Å². The van der Waals surface area contributed by atoms with Crippen LogP contribution in [0.3, 0.4) is 0 Å². The fourth-order valence-corrected chi connectivity index (χ4v) is 4.79. The van der Waals surface area contributed by atoms with Crippen molar-refractivity contribution in [3.05, 3.63) is 30.6 Å². The van der Waals surface area contributed by atoms with Gasteiger partial charge in [-0.1, -0.05) is 0 Å². The topological polar surface area (TPSA) is 85.9 Å². The fraction of sp³-hybridized carbons (Fsp3) is 0.542. The highest BCUT2D eigenvalue weighted by Crippen LogP contribution is 2.33. The molecule has 174 valence electrons. The number of ether oxygens (including phenoxy) is 2. The summed E-state index contributed by atoms with van der Waals surface area (Å²) in [6.45, 7) is 3.67. The smallest absolute Gasteiger partial charge is 0.228 e. The molecule has 3 aromatic heterocycles. The number of carbonyl (C=O) groups excluding carboxylic acids is 1. The van der Waals surface area contributed by atoms with Crippen LogP contribution >= 0.6 is 0 Å². The maximum absolute atomic E-state index is 12.1. The van der Waals surface area contributed by atoms with E-state index in [1.165, 1.54) is 12.8 Å². The molecule has 9 heteroatoms. The maximum atomic E-state index is 12.1. The lowest BCUT2D eigenvalue weighted by atomic mass is 10.0. The Kier molecular flexibility index (Phi) is 5.30. The number of fused-ring (bicyclic) bond motifs is 1. The van der Waals surface area contributed by atoms with E-state index in [2.05, 4.69) is 26.5 Å². The normalized spacial score (nSPS) is 23.1. The molecule has 0 unspecified atom stereocenters. The number of rotatable bonds is 8. The summed E-state index contributed by atoms with van der Waals surface area (Å²) in [5, 5.41) is 11.8. The van der Waals surface area contributed by atoms with Gasteiger partial charge in [0.15, 0.2) is 11.6 Å². The van der Waals surface area contributed by atoms with Gasteiger partial charge in [0.25, 0.3) is 0 Å². The van der Waals surface area contributed by atoms with Gasteiger partial charge < -0.3 is 14.8 Å². The Morgan fingerprint density at radius 3 is 2.94 bits per heavy atom. The molecule has 1 aliphatic carbocycles. The van der Waals surface area contributed by atoms with E-state index in [1.54, 1.807) is 10.7 Å². The van der Waals surface area contributed by atoms with E-state index in [9.17, 15) is 4.79 Å². The van der Waals surface area contributed by atoms with Gasteiger partial charge in [0.2, 0.25) is 5.91 Å². The Labute approximate surface area is 192 Å². The van der Waals surface area contributed by atoms with E-state index >= 15 is 0 Å². The summed E-state index contributed by atoms with van der Waals surface area (Å²) in [6.07, 6.45) is 9.51. The molecule has 0 aromatic carbocycles. The van der Waals surface area contributed by atoms with Crippen LogP contribution in [0.5, 0.6) is 5.75 Å². The third-order valence-corrected chi connectivity index (χ3v) is 7.00. The first-order valence-electron chi connectivity index (χ1n) is 11.9. The zero-order valence-corrected chi connectivity index (χ0v) is 18.9. The van der Waals surface area contributed by atoms with Gasteiger partial charge in [-0.05, 0) is 44.2 Å². The van der Waals surface area contributed by atoms with Gasteiger partial charge in [-0.3, -0.25) is 14.4 Å². The molecule has 1 N–H and O–H groups in total. The van der Waals surface area contributed by atoms with Crippen molar-refractivity contribution in [1.82, 2.24) is 24.3 Å². The summed E-state index contributed by atoms with van der Waals surface area (Å²) in [4.78, 5) is 14.5. The van der Waals surface area contributed by atoms with Crippen molar-refractivity contribution in [2.24, 2.45) is 13.0 Å². The summed E-state index contributed by atoms with van der Waals surface area (Å²) in [6, 6.07) is 6.38. The van der Waals surface area contributed by atoms with Crippen LogP contribution in [0.1, 0.15) is 32.1 Å². The maximum Gasteiger partial charge on any atom is 0.228 e. The van der Waals surface area contributed by atoms with E-state index in [4.69, 9.17) is 9.47 Å². The fourth-order valence-electron chi connectivity index (χ4n) is 4.79. The SMILES string of the molecule is Cn1ncc(OC[C@H]2CCN2C[C@H]2CCCO2)c1-c1ccn2nc(NC(=O)C3CC3)cc2c1. The van der Waals surface area contributed by atoms with E-state index in [0.29, 0.717) is 24.6 Å². The average molecular weight is 451 g/mol. The van der Waals surface area contributed by atoms with Gasteiger partial charge >= 0.3 is 0 Å². The van der Waals surface area contributed by atoms with Crippen molar-refractivity contribution in [1.29, 1.82) is 0 Å². The zero-order valence-electron chi connectivity index (χ0n) is 18.9. The molecule has 2 saturated heterocycles. The minimum Gasteiger partial charge on any atom is -0.488 e. The van der Waals surface area contributed by atoms with Crippen LogP contribution in [-0.4, -0.2) is 68.7 Å². The number of likely N-dealkylation sites (tertiary alicyclic amines) is 1. The Hall–Kier alpha value is -2.91. The van der Waals surface area contributed by atoms with E-state index < -0.39 is 0 Å². The first kappa shape index (κ1) is 20.7. The number of anilines is 1. The number of aryl methyl sites for hydroxylation is 1. The van der Waals surface area contributed by atoms with Crippen molar-refractivity contribution < 1.29 is 14.3 Å². The highest BCUT2D eigenvalue weighted by atomic mass is 16.5. The summed E-state index contributed by atoms with van der Waals surface area (Å²) in [7, 11) is 1.93. The molecule has 33 heavy (non-hydrogen) atoms. The van der Waals surface area contributed by atoms with Crippen LogP contribution in [0.25, 0.3) is 16.8 Å². The van der Waals surface area contributed by atoms with Crippen molar-refractivity contribution in [3.63, 3.8) is 0 Å². The van der Waals surface area contributed by atoms with Gasteiger partial charge in [0.1, 0.15) is 12.3 Å². The average Bonchev–Trinajstić information content (AvgIpc) is 3.19. The Morgan fingerprint density at radius 1 is 1.27 bits per heavy atom. The van der Waals surface area contributed by atoms with Gasteiger partial charge in [0, 0.05) is 56.5 Å². The summed E-state index contributed by atoms with van der Waals surface area (Å²) < 4.78 is 15.7. The number of nitrogens with zero attached hydrogens (tertiary/aromatic N) is 5. The summed E-state index contributed by atoms with van der Waals surface area (Å²) >= 11 is 0. The molecular weight excluding hydrogens is 420 g/mol. The van der Waals surface area contributed by atoms with Crippen LogP contribution in [0.4, 0.5) is 5.82 Å². The number of carbonyl (C=O) groups is 1. The first-order chi connectivity index (χ1) is 16.1. The van der Waals surface area contributed by atoms with Gasteiger partial charge in [0.05, 0.1) is 17.8 Å². The number of amides is 1. The second kappa shape index (κ2) is 8.46. The van der Waals surface area contributed by atoms with Gasteiger partial charge in [-0.15, -0.1) is 0 Å². The van der Waals surface area contributed by atoms with E-state index in [0.717, 1.165) is 61.5 Å². The lowest BCUT2D eigenvalue weighted by Gasteiger charge is -2.41. The van der Waals surface area contributed by atoms with Crippen LogP contribution in [0.15, 0.2) is 30.6 Å². The number of hydrogen-bond donors (Lipinski definition) is 1. The molecule has 1 saturated carbocycles. The predicted molar refractivity (Wildman–Crippen MR) is 123 cm³/mol. The molecule has 2 aliphatic heterocycles. The summed E-state index contributed by atoms with van der Waals surface area (Å²) in [5.74, 6) is 1.58. The molecule has 3 aliphatic rings. The molecule has 9 nitrogen and oxygen atoms in total. The lowest BCUT2D eigenvalue weighted by molar-refractivity contribution is -0.117. The third kappa shape index (κ3) is 4.22. The zero-order chi connectivity index (χ0) is 22.4. The molecule has 2 atom stereocenters. The molecule has 1 amide bonds. The standard InChI is InChI=1S/C24H30N6O3/c1-28-23(17-6-9-30-19(11-17)12-22(27-30)26-24(31)16-4-5-16)21(13-25-28)33-15-18-7-8-29(18)14-20-3-2-10-32-20/h6,9,11-13,16,18,20H,2-5,7-8,10,14-15H2,1H3,(H,26,27,31)/t18-,20-/m1/s1. The Morgan fingerprint density at radius 2 is 2.18 bits per heavy atom. The quantitative estimate of drug-likeness (QED) is 0.568. The third-order valence-electron chi connectivity index (χ3n) is 7.00. The highest BCUT2D eigenvalue weighted by Gasteiger charge is 2.32. The molecular formula is C24H30N6O3. The second-order valence-electron chi connectivity index (χ2n) is 9.44. The summed E-state index contributed by atoms with van der Waals surface area (Å²) in [5.41, 5.74) is 2.85. The molecule has 0 radical (unpaired) electrons. The predicted octanol–water partition coefficient (Wildman–Crippen LogP) is 2.72. The van der Waals surface area contributed by atoms with E-state index in [1.807, 2.05) is 30.1 Å². The van der Waals surface area contributed by atoms with Crippen molar-refractivity contribution in [2.45, 2.75) is 44.2 Å². The Balaban J connectivity index is 1.15. The lowest BCUT2D eigenvalue weighted by Crippen LogP contribution is -2.53. The molecule has 3 aromatic rings. The van der Waals surface area contributed by atoms with E-state index in [-0.39, 0.29) is 11.8 Å². The molecule has 5 heterocycles. The Bertz CT molecular complexity index is 1160. The highest BCUT2D eigenvalue weighted by molar-refractivity contribution is 5.93. The number of nitrogens with one attached hydrogen (secondary N) is 1.